The fourth-order valence-electron chi connectivity index (χ4n) is 3.51. The molecule has 0 saturated carbocycles. The number of nitrogens with zero attached hydrogens (tertiary/aromatic N) is 3. The number of rotatable bonds is 4. The van der Waals surface area contributed by atoms with E-state index < -0.39 is 10.0 Å². The van der Waals surface area contributed by atoms with E-state index >= 15 is 0 Å². The van der Waals surface area contributed by atoms with Gasteiger partial charge in [-0.05, 0) is 35.9 Å². The quantitative estimate of drug-likeness (QED) is 0.673. The van der Waals surface area contributed by atoms with Gasteiger partial charge in [-0.2, -0.15) is 4.31 Å². The van der Waals surface area contributed by atoms with Gasteiger partial charge in [0.25, 0.3) is 10.0 Å². The normalized spacial score (nSPS) is 16.1. The molecule has 0 atom stereocenters. The van der Waals surface area contributed by atoms with E-state index in [2.05, 4.69) is 6.07 Å². The molecule has 3 heterocycles. The standard InChI is InChI=1S/C19H21N3O3S2/c1-15-13-16-5-2-3-6-17(16)22(15)14-18(23)20-8-10-21(11-9-20)27(24,25)19-7-4-12-26-19/h2-7,12-13H,8-11,14H2,1H3. The average Bonchev–Trinajstić information content (AvgIpc) is 3.31. The monoisotopic (exact) mass is 403 g/mol. The predicted octanol–water partition coefficient (Wildman–Crippen LogP) is 2.54. The molecule has 8 heteroatoms. The lowest BCUT2D eigenvalue weighted by atomic mass is 10.2. The van der Waals surface area contributed by atoms with Crippen molar-refractivity contribution in [2.45, 2.75) is 17.7 Å². The van der Waals surface area contributed by atoms with E-state index in [9.17, 15) is 13.2 Å². The number of hydrogen-bond acceptors (Lipinski definition) is 4. The number of benzene rings is 1. The first-order valence-electron chi connectivity index (χ1n) is 8.83. The molecule has 4 rings (SSSR count). The number of piperazine rings is 1. The molecule has 0 aliphatic carbocycles. The third-order valence-corrected chi connectivity index (χ3v) is 8.26. The van der Waals surface area contributed by atoms with Gasteiger partial charge in [-0.3, -0.25) is 4.79 Å². The molecule has 1 aliphatic heterocycles. The van der Waals surface area contributed by atoms with Crippen molar-refractivity contribution in [2.75, 3.05) is 26.2 Å². The third kappa shape index (κ3) is 3.40. The van der Waals surface area contributed by atoms with Crippen LogP contribution in [-0.4, -0.2) is 54.3 Å². The van der Waals surface area contributed by atoms with Crippen LogP contribution in [0.3, 0.4) is 0 Å². The number of carbonyl (C=O) groups excluding carboxylic acids is 1. The van der Waals surface area contributed by atoms with Crippen molar-refractivity contribution in [2.24, 2.45) is 0 Å². The van der Waals surface area contributed by atoms with E-state index in [-0.39, 0.29) is 12.5 Å². The fraction of sp³-hybridized carbons (Fsp3) is 0.316. The lowest BCUT2D eigenvalue weighted by molar-refractivity contribution is -0.132. The molecule has 0 unspecified atom stereocenters. The molecular formula is C19H21N3O3S2. The van der Waals surface area contributed by atoms with Gasteiger partial charge in [-0.25, -0.2) is 8.42 Å². The van der Waals surface area contributed by atoms with Crippen molar-refractivity contribution in [1.82, 2.24) is 13.8 Å². The molecule has 1 amide bonds. The molecule has 142 valence electrons. The van der Waals surface area contributed by atoms with E-state index in [1.54, 1.807) is 22.4 Å². The summed E-state index contributed by atoms with van der Waals surface area (Å²) in [6.45, 7) is 3.77. The molecule has 0 N–H and O–H groups in total. The summed E-state index contributed by atoms with van der Waals surface area (Å²) in [4.78, 5) is 14.5. The molecule has 0 spiro atoms. The van der Waals surface area contributed by atoms with E-state index in [0.717, 1.165) is 16.6 Å². The van der Waals surface area contributed by atoms with Crippen LogP contribution < -0.4 is 0 Å². The van der Waals surface area contributed by atoms with Crippen LogP contribution in [0.25, 0.3) is 10.9 Å². The van der Waals surface area contributed by atoms with E-state index in [0.29, 0.717) is 30.4 Å². The van der Waals surface area contributed by atoms with Crippen molar-refractivity contribution in [1.29, 1.82) is 0 Å². The zero-order valence-electron chi connectivity index (χ0n) is 15.0. The SMILES string of the molecule is Cc1cc2ccccc2n1CC(=O)N1CCN(S(=O)(=O)c2cccs2)CC1. The van der Waals surface area contributed by atoms with Crippen LogP contribution in [-0.2, 0) is 21.4 Å². The van der Waals surface area contributed by atoms with Crippen LogP contribution in [0.15, 0.2) is 52.1 Å². The molecule has 1 fully saturated rings. The largest absolute Gasteiger partial charge is 0.339 e. The van der Waals surface area contributed by atoms with Crippen LogP contribution in [0.5, 0.6) is 0 Å². The minimum absolute atomic E-state index is 0.0209. The molecule has 6 nitrogen and oxygen atoms in total. The van der Waals surface area contributed by atoms with Crippen molar-refractivity contribution < 1.29 is 13.2 Å². The second kappa shape index (κ2) is 7.10. The Labute approximate surface area is 162 Å². The van der Waals surface area contributed by atoms with Crippen molar-refractivity contribution in [3.05, 3.63) is 53.5 Å². The maximum Gasteiger partial charge on any atom is 0.252 e. The van der Waals surface area contributed by atoms with Crippen LogP contribution >= 0.6 is 11.3 Å². The van der Waals surface area contributed by atoms with Crippen molar-refractivity contribution in [3.8, 4) is 0 Å². The van der Waals surface area contributed by atoms with Gasteiger partial charge in [0.1, 0.15) is 10.8 Å². The number of carbonyl (C=O) groups is 1. The summed E-state index contributed by atoms with van der Waals surface area (Å²) in [5, 5.41) is 2.88. The van der Waals surface area contributed by atoms with Crippen LogP contribution in [0.4, 0.5) is 0 Å². The number of sulfonamides is 1. The topological polar surface area (TPSA) is 62.6 Å². The Hall–Kier alpha value is -2.16. The van der Waals surface area contributed by atoms with Crippen LogP contribution in [0, 0.1) is 6.92 Å². The summed E-state index contributed by atoms with van der Waals surface area (Å²) in [6, 6.07) is 13.4. The third-order valence-electron chi connectivity index (χ3n) is 4.99. The molecule has 2 aromatic heterocycles. The Kier molecular flexibility index (Phi) is 4.79. The number of para-hydroxylation sites is 1. The summed E-state index contributed by atoms with van der Waals surface area (Å²) in [5.74, 6) is 0.0209. The van der Waals surface area contributed by atoms with E-state index in [1.807, 2.05) is 35.8 Å². The minimum Gasteiger partial charge on any atom is -0.339 e. The number of aromatic nitrogens is 1. The summed E-state index contributed by atoms with van der Waals surface area (Å²) < 4.78 is 29.1. The van der Waals surface area contributed by atoms with E-state index in [1.165, 1.54) is 15.6 Å². The van der Waals surface area contributed by atoms with Gasteiger partial charge < -0.3 is 9.47 Å². The number of aryl methyl sites for hydroxylation is 1. The van der Waals surface area contributed by atoms with E-state index in [4.69, 9.17) is 0 Å². The Morgan fingerprint density at radius 1 is 1.07 bits per heavy atom. The highest BCUT2D eigenvalue weighted by Crippen LogP contribution is 2.23. The maximum atomic E-state index is 12.8. The summed E-state index contributed by atoms with van der Waals surface area (Å²) in [7, 11) is -3.44. The zero-order chi connectivity index (χ0) is 19.0. The predicted molar refractivity (Wildman–Crippen MR) is 106 cm³/mol. The van der Waals surface area contributed by atoms with Crippen LogP contribution in [0.1, 0.15) is 5.69 Å². The van der Waals surface area contributed by atoms with Gasteiger partial charge >= 0.3 is 0 Å². The number of thiophene rings is 1. The van der Waals surface area contributed by atoms with Crippen LogP contribution in [0.2, 0.25) is 0 Å². The van der Waals surface area contributed by atoms with Crippen molar-refractivity contribution in [3.63, 3.8) is 0 Å². The minimum atomic E-state index is -3.44. The fourth-order valence-corrected chi connectivity index (χ4v) is 6.08. The number of hydrogen-bond donors (Lipinski definition) is 0. The highest BCUT2D eigenvalue weighted by atomic mass is 32.2. The highest BCUT2D eigenvalue weighted by molar-refractivity contribution is 7.91. The number of amides is 1. The van der Waals surface area contributed by atoms with Gasteiger partial charge in [-0.15, -0.1) is 11.3 Å². The Balaban J connectivity index is 1.44. The molecule has 27 heavy (non-hydrogen) atoms. The number of fused-ring (bicyclic) bond motifs is 1. The Bertz CT molecular complexity index is 1060. The lowest BCUT2D eigenvalue weighted by Gasteiger charge is -2.34. The molecule has 3 aromatic rings. The zero-order valence-corrected chi connectivity index (χ0v) is 16.7. The summed E-state index contributed by atoms with van der Waals surface area (Å²) in [6.07, 6.45) is 0. The van der Waals surface area contributed by atoms with Gasteiger partial charge in [0.2, 0.25) is 5.91 Å². The van der Waals surface area contributed by atoms with Gasteiger partial charge in [0.15, 0.2) is 0 Å². The molecule has 1 saturated heterocycles. The Morgan fingerprint density at radius 2 is 1.81 bits per heavy atom. The molecule has 1 aromatic carbocycles. The maximum absolute atomic E-state index is 12.8. The van der Waals surface area contributed by atoms with Gasteiger partial charge in [0, 0.05) is 37.4 Å². The molecular weight excluding hydrogens is 382 g/mol. The van der Waals surface area contributed by atoms with Gasteiger partial charge in [-0.1, -0.05) is 24.3 Å². The summed E-state index contributed by atoms with van der Waals surface area (Å²) >= 11 is 1.22. The first-order valence-corrected chi connectivity index (χ1v) is 11.1. The van der Waals surface area contributed by atoms with Gasteiger partial charge in [0.05, 0.1) is 0 Å². The summed E-state index contributed by atoms with van der Waals surface area (Å²) in [5.41, 5.74) is 2.09. The lowest BCUT2D eigenvalue weighted by Crippen LogP contribution is -2.51. The second-order valence-corrected chi connectivity index (χ2v) is 9.76. The van der Waals surface area contributed by atoms with Crippen molar-refractivity contribution >= 4 is 38.2 Å². The average molecular weight is 404 g/mol. The highest BCUT2D eigenvalue weighted by Gasteiger charge is 2.30. The molecule has 0 bridgehead atoms. The smallest absolute Gasteiger partial charge is 0.252 e. The Morgan fingerprint density at radius 3 is 2.52 bits per heavy atom. The first kappa shape index (κ1) is 18.2. The molecule has 0 radical (unpaired) electrons. The second-order valence-electron chi connectivity index (χ2n) is 6.65. The first-order chi connectivity index (χ1) is 13.0. The molecule has 1 aliphatic rings.